The summed E-state index contributed by atoms with van der Waals surface area (Å²) in [6.07, 6.45) is 2.76. The van der Waals surface area contributed by atoms with Crippen LogP contribution in [0, 0.1) is 11.6 Å². The van der Waals surface area contributed by atoms with Crippen molar-refractivity contribution in [3.63, 3.8) is 0 Å². The topological polar surface area (TPSA) is 127 Å². The molecule has 0 radical (unpaired) electrons. The summed E-state index contributed by atoms with van der Waals surface area (Å²) in [5.41, 5.74) is -0.0934. The maximum absolute atomic E-state index is 14.9. The third-order valence-corrected chi connectivity index (χ3v) is 5.23. The van der Waals surface area contributed by atoms with Gasteiger partial charge in [-0.3, -0.25) is 14.7 Å². The van der Waals surface area contributed by atoms with E-state index in [1.165, 1.54) is 54.9 Å². The summed E-state index contributed by atoms with van der Waals surface area (Å²) in [6.45, 7) is 0. The van der Waals surface area contributed by atoms with Gasteiger partial charge in [-0.05, 0) is 42.5 Å². The van der Waals surface area contributed by atoms with E-state index in [1.54, 1.807) is 13.1 Å². The van der Waals surface area contributed by atoms with Crippen LogP contribution < -0.4 is 20.9 Å². The summed E-state index contributed by atoms with van der Waals surface area (Å²) < 4.78 is 34.8. The van der Waals surface area contributed by atoms with Gasteiger partial charge in [0.05, 0.1) is 5.69 Å². The van der Waals surface area contributed by atoms with Crippen molar-refractivity contribution in [2.45, 2.75) is 0 Å². The van der Waals surface area contributed by atoms with Crippen molar-refractivity contribution in [2.75, 3.05) is 17.7 Å². The third-order valence-electron chi connectivity index (χ3n) is 5.23. The number of nitrogens with zero attached hydrogens (tertiary/aromatic N) is 4. The molecule has 3 aromatic heterocycles. The lowest BCUT2D eigenvalue weighted by Crippen LogP contribution is -2.29. The second-order valence-electron chi connectivity index (χ2n) is 7.49. The molecule has 0 saturated carbocycles. The highest BCUT2D eigenvalue weighted by atomic mass is 19.1. The number of pyridine rings is 1. The van der Waals surface area contributed by atoms with Crippen LogP contribution in [0.25, 0.3) is 16.7 Å². The van der Waals surface area contributed by atoms with Gasteiger partial charge in [0.15, 0.2) is 23.0 Å². The second-order valence-corrected chi connectivity index (χ2v) is 7.49. The van der Waals surface area contributed by atoms with E-state index in [1.807, 2.05) is 0 Å². The van der Waals surface area contributed by atoms with Gasteiger partial charge in [0.25, 0.3) is 11.5 Å². The number of anilines is 2. The van der Waals surface area contributed by atoms with Crippen LogP contribution in [-0.2, 0) is 0 Å². The Labute approximate surface area is 201 Å². The van der Waals surface area contributed by atoms with E-state index in [9.17, 15) is 18.4 Å². The fraction of sp³-hybridized carbons (Fsp3) is 0.0417. The lowest BCUT2D eigenvalue weighted by Gasteiger charge is -2.11. The van der Waals surface area contributed by atoms with Gasteiger partial charge in [-0.15, -0.1) is 0 Å². The Morgan fingerprint density at radius 2 is 1.83 bits per heavy atom. The smallest absolute Gasteiger partial charge is 0.284 e. The number of halogens is 2. The minimum absolute atomic E-state index is 0.0914. The molecular weight excluding hydrogens is 472 g/mol. The average molecular weight is 489 g/mol. The molecule has 0 bridgehead atoms. The van der Waals surface area contributed by atoms with Crippen LogP contribution in [0.2, 0.25) is 0 Å². The minimum atomic E-state index is -0.765. The molecule has 0 saturated heterocycles. The van der Waals surface area contributed by atoms with E-state index in [0.29, 0.717) is 22.6 Å². The Bertz CT molecular complexity index is 1650. The van der Waals surface area contributed by atoms with Crippen molar-refractivity contribution in [1.29, 1.82) is 0 Å². The Hall–Kier alpha value is -5.13. The highest BCUT2D eigenvalue weighted by Gasteiger charge is 2.17. The number of rotatable bonds is 6. The van der Waals surface area contributed by atoms with Gasteiger partial charge in [-0.25, -0.2) is 13.8 Å². The number of aromatic amines is 1. The van der Waals surface area contributed by atoms with E-state index < -0.39 is 23.1 Å². The molecule has 0 aliphatic heterocycles. The maximum Gasteiger partial charge on any atom is 0.284 e. The number of amides is 1. The van der Waals surface area contributed by atoms with Crippen LogP contribution in [0.4, 0.5) is 20.3 Å². The number of carbonyl (C=O) groups is 1. The number of ether oxygens (including phenoxy) is 1. The quantitative estimate of drug-likeness (QED) is 0.331. The van der Waals surface area contributed by atoms with Crippen LogP contribution in [-0.4, -0.2) is 37.9 Å². The fourth-order valence-electron chi connectivity index (χ4n) is 3.52. The maximum atomic E-state index is 14.9. The molecule has 0 aliphatic rings. The van der Waals surface area contributed by atoms with Crippen LogP contribution in [0.5, 0.6) is 11.5 Å². The van der Waals surface area contributed by atoms with E-state index in [4.69, 9.17) is 4.74 Å². The van der Waals surface area contributed by atoms with Crippen molar-refractivity contribution >= 4 is 28.4 Å². The van der Waals surface area contributed by atoms with Crippen molar-refractivity contribution < 1.29 is 18.3 Å². The molecule has 0 aliphatic carbocycles. The standard InChI is InChI=1S/C24H17F2N7O3/c1-27-21-20-19(9-10-28-22(20)32-31-21)36-18-7-4-14(12-17(18)26)30-23(34)16-8-11-29-33(24(16)35)15-5-2-13(25)3-6-15/h2-12H,1H3,(H,30,34)(H2,27,28,31,32). The molecule has 36 heavy (non-hydrogen) atoms. The largest absolute Gasteiger partial charge is 0.453 e. The summed E-state index contributed by atoms with van der Waals surface area (Å²) in [4.78, 5) is 29.7. The van der Waals surface area contributed by atoms with Gasteiger partial charge in [-0.2, -0.15) is 14.9 Å². The number of hydrogen-bond acceptors (Lipinski definition) is 7. The van der Waals surface area contributed by atoms with Gasteiger partial charge in [-0.1, -0.05) is 0 Å². The molecule has 3 heterocycles. The average Bonchev–Trinajstić information content (AvgIpc) is 3.31. The number of hydrogen-bond donors (Lipinski definition) is 3. The molecule has 10 nitrogen and oxygen atoms in total. The molecule has 0 fully saturated rings. The van der Waals surface area contributed by atoms with Gasteiger partial charge in [0.1, 0.15) is 22.5 Å². The molecule has 180 valence electrons. The summed E-state index contributed by atoms with van der Waals surface area (Å²) in [7, 11) is 1.68. The van der Waals surface area contributed by atoms with Crippen LogP contribution in [0.1, 0.15) is 10.4 Å². The first-order valence-corrected chi connectivity index (χ1v) is 10.6. The summed E-state index contributed by atoms with van der Waals surface area (Å²) in [6, 6.07) is 11.7. The molecule has 0 atom stereocenters. The lowest BCUT2D eigenvalue weighted by atomic mass is 10.2. The Kier molecular flexibility index (Phi) is 5.82. The molecule has 0 unspecified atom stereocenters. The summed E-state index contributed by atoms with van der Waals surface area (Å²) >= 11 is 0. The Morgan fingerprint density at radius 1 is 1.03 bits per heavy atom. The number of benzene rings is 2. The zero-order valence-corrected chi connectivity index (χ0v) is 18.6. The molecule has 5 aromatic rings. The molecular formula is C24H17F2N7O3. The lowest BCUT2D eigenvalue weighted by molar-refractivity contribution is 0.102. The van der Waals surface area contributed by atoms with Gasteiger partial charge < -0.3 is 15.4 Å². The molecule has 3 N–H and O–H groups in total. The first kappa shape index (κ1) is 22.7. The zero-order chi connectivity index (χ0) is 25.2. The van der Waals surface area contributed by atoms with Crippen molar-refractivity contribution in [2.24, 2.45) is 0 Å². The molecule has 12 heteroatoms. The molecule has 0 spiro atoms. The highest BCUT2D eigenvalue weighted by molar-refractivity contribution is 6.04. The predicted octanol–water partition coefficient (Wildman–Crippen LogP) is 3.87. The normalized spacial score (nSPS) is 10.9. The first-order chi connectivity index (χ1) is 17.4. The van der Waals surface area contributed by atoms with Crippen LogP contribution >= 0.6 is 0 Å². The first-order valence-electron chi connectivity index (χ1n) is 10.6. The summed E-state index contributed by atoms with van der Waals surface area (Å²) in [5.74, 6) is -1.26. The van der Waals surface area contributed by atoms with Gasteiger partial charge in [0.2, 0.25) is 0 Å². The van der Waals surface area contributed by atoms with Gasteiger partial charge in [0, 0.05) is 37.3 Å². The zero-order valence-electron chi connectivity index (χ0n) is 18.6. The second kappa shape index (κ2) is 9.25. The number of H-pyrrole nitrogens is 1. The minimum Gasteiger partial charge on any atom is -0.453 e. The van der Waals surface area contributed by atoms with Crippen molar-refractivity contribution in [3.8, 4) is 17.2 Å². The van der Waals surface area contributed by atoms with Crippen LogP contribution in [0.3, 0.4) is 0 Å². The Morgan fingerprint density at radius 3 is 2.58 bits per heavy atom. The fourth-order valence-corrected chi connectivity index (χ4v) is 3.52. The summed E-state index contributed by atoms with van der Waals surface area (Å²) in [5, 5.41) is 16.7. The number of aromatic nitrogens is 5. The van der Waals surface area contributed by atoms with Crippen molar-refractivity contribution in [3.05, 3.63) is 94.5 Å². The Balaban J connectivity index is 1.38. The molecule has 5 rings (SSSR count). The number of nitrogens with one attached hydrogen (secondary N) is 3. The molecule has 2 aromatic carbocycles. The highest BCUT2D eigenvalue weighted by Crippen LogP contribution is 2.34. The number of carbonyl (C=O) groups excluding carboxylic acids is 1. The van der Waals surface area contributed by atoms with E-state index in [2.05, 4.69) is 30.9 Å². The monoisotopic (exact) mass is 489 g/mol. The van der Waals surface area contributed by atoms with E-state index in [0.717, 1.165) is 10.7 Å². The van der Waals surface area contributed by atoms with E-state index in [-0.39, 0.29) is 22.7 Å². The van der Waals surface area contributed by atoms with Gasteiger partial charge >= 0.3 is 0 Å². The number of fused-ring (bicyclic) bond motifs is 1. The third kappa shape index (κ3) is 4.22. The molecule has 1 amide bonds. The van der Waals surface area contributed by atoms with Crippen molar-refractivity contribution in [1.82, 2.24) is 25.0 Å². The van der Waals surface area contributed by atoms with E-state index >= 15 is 0 Å². The van der Waals surface area contributed by atoms with Crippen LogP contribution in [0.15, 0.2) is 71.8 Å². The SMILES string of the molecule is CNc1n[nH]c2nccc(Oc3ccc(NC(=O)c4ccnn(-c5ccc(F)cc5)c4=O)cc3F)c12. The predicted molar refractivity (Wildman–Crippen MR) is 128 cm³/mol.